The molecule has 5 heteroatoms. The van der Waals surface area contributed by atoms with Crippen LogP contribution in [0.2, 0.25) is 0 Å². The zero-order chi connectivity index (χ0) is 14.0. The smallest absolute Gasteiger partial charge is 0.239 e. The van der Waals surface area contributed by atoms with Crippen molar-refractivity contribution in [1.82, 2.24) is 10.2 Å². The minimum atomic E-state index is -0.126. The number of nitrogens with two attached hydrogens (primary N) is 1. The maximum atomic E-state index is 12.0. The van der Waals surface area contributed by atoms with Crippen molar-refractivity contribution in [3.8, 4) is 0 Å². The quantitative estimate of drug-likeness (QED) is 0.639. The number of carbonyl (C=O) groups excluding carboxylic acids is 2. The summed E-state index contributed by atoms with van der Waals surface area (Å²) in [6.07, 6.45) is 3.37. The highest BCUT2D eigenvalue weighted by Crippen LogP contribution is 2.15. The number of hydrogen-bond donors (Lipinski definition) is 2. The molecule has 1 unspecified atom stereocenters. The molecule has 0 aromatic rings. The van der Waals surface area contributed by atoms with Crippen LogP contribution in [0, 0.1) is 5.92 Å². The number of nitrogens with one attached hydrogen (secondary N) is 1. The Balaban J connectivity index is 4.14. The van der Waals surface area contributed by atoms with E-state index in [1.54, 1.807) is 11.9 Å². The SMILES string of the molecule is CCC(CCN)CCC(=O)N(CC)CC(=O)NC. The lowest BCUT2D eigenvalue weighted by molar-refractivity contribution is -0.136. The molecule has 0 bridgehead atoms. The van der Waals surface area contributed by atoms with Gasteiger partial charge in [0.05, 0.1) is 6.54 Å². The average molecular weight is 257 g/mol. The van der Waals surface area contributed by atoms with Gasteiger partial charge in [-0.3, -0.25) is 9.59 Å². The Morgan fingerprint density at radius 3 is 2.39 bits per heavy atom. The van der Waals surface area contributed by atoms with Gasteiger partial charge in [-0.15, -0.1) is 0 Å². The normalized spacial score (nSPS) is 12.0. The third kappa shape index (κ3) is 6.59. The van der Waals surface area contributed by atoms with Gasteiger partial charge in [0.2, 0.25) is 11.8 Å². The van der Waals surface area contributed by atoms with Crippen LogP contribution >= 0.6 is 0 Å². The van der Waals surface area contributed by atoms with Gasteiger partial charge in [-0.05, 0) is 32.2 Å². The van der Waals surface area contributed by atoms with Gasteiger partial charge in [0, 0.05) is 20.0 Å². The molecule has 0 rings (SSSR count). The molecule has 0 aliphatic heterocycles. The van der Waals surface area contributed by atoms with Crippen molar-refractivity contribution >= 4 is 11.8 Å². The number of nitrogens with zero attached hydrogens (tertiary/aromatic N) is 1. The zero-order valence-electron chi connectivity index (χ0n) is 11.9. The third-order valence-electron chi connectivity index (χ3n) is 3.27. The second kappa shape index (κ2) is 9.88. The Bertz CT molecular complexity index is 257. The summed E-state index contributed by atoms with van der Waals surface area (Å²) in [5, 5.41) is 2.53. The first-order valence-corrected chi connectivity index (χ1v) is 6.77. The predicted molar refractivity (Wildman–Crippen MR) is 73.0 cm³/mol. The number of likely N-dealkylation sites (N-methyl/N-ethyl adjacent to an activating group) is 2. The van der Waals surface area contributed by atoms with Gasteiger partial charge in [-0.1, -0.05) is 13.3 Å². The summed E-state index contributed by atoms with van der Waals surface area (Å²) in [5.74, 6) is 0.438. The monoisotopic (exact) mass is 257 g/mol. The Morgan fingerprint density at radius 1 is 1.28 bits per heavy atom. The minimum Gasteiger partial charge on any atom is -0.358 e. The lowest BCUT2D eigenvalue weighted by atomic mass is 9.96. The van der Waals surface area contributed by atoms with E-state index in [0.29, 0.717) is 25.4 Å². The van der Waals surface area contributed by atoms with Gasteiger partial charge in [-0.25, -0.2) is 0 Å². The highest BCUT2D eigenvalue weighted by Gasteiger charge is 2.16. The Morgan fingerprint density at radius 2 is 1.94 bits per heavy atom. The Labute approximate surface area is 110 Å². The fraction of sp³-hybridized carbons (Fsp3) is 0.846. The average Bonchev–Trinajstić information content (AvgIpc) is 2.39. The maximum Gasteiger partial charge on any atom is 0.239 e. The van der Waals surface area contributed by atoms with E-state index in [9.17, 15) is 9.59 Å². The van der Waals surface area contributed by atoms with Gasteiger partial charge in [0.25, 0.3) is 0 Å². The summed E-state index contributed by atoms with van der Waals surface area (Å²) >= 11 is 0. The van der Waals surface area contributed by atoms with E-state index in [4.69, 9.17) is 5.73 Å². The van der Waals surface area contributed by atoms with Gasteiger partial charge in [-0.2, -0.15) is 0 Å². The van der Waals surface area contributed by atoms with Crippen LogP contribution in [0.1, 0.15) is 39.5 Å². The van der Waals surface area contributed by atoms with Crippen molar-refractivity contribution in [3.63, 3.8) is 0 Å². The molecule has 106 valence electrons. The number of amides is 2. The van der Waals surface area contributed by atoms with E-state index in [2.05, 4.69) is 12.2 Å². The Kier molecular flexibility index (Phi) is 9.28. The summed E-state index contributed by atoms with van der Waals surface area (Å²) in [7, 11) is 1.58. The highest BCUT2D eigenvalue weighted by atomic mass is 16.2. The van der Waals surface area contributed by atoms with Crippen LogP contribution in [-0.4, -0.2) is 43.4 Å². The van der Waals surface area contributed by atoms with Gasteiger partial charge in [0.15, 0.2) is 0 Å². The van der Waals surface area contributed by atoms with Crippen LogP contribution < -0.4 is 11.1 Å². The first-order chi connectivity index (χ1) is 8.58. The second-order valence-electron chi connectivity index (χ2n) is 4.47. The molecule has 18 heavy (non-hydrogen) atoms. The zero-order valence-corrected chi connectivity index (χ0v) is 11.9. The molecule has 3 N–H and O–H groups in total. The van der Waals surface area contributed by atoms with Crippen LogP contribution in [0.5, 0.6) is 0 Å². The van der Waals surface area contributed by atoms with Gasteiger partial charge >= 0.3 is 0 Å². The molecule has 2 amide bonds. The fourth-order valence-electron chi connectivity index (χ4n) is 1.90. The van der Waals surface area contributed by atoms with E-state index in [-0.39, 0.29) is 18.4 Å². The van der Waals surface area contributed by atoms with E-state index in [1.165, 1.54) is 0 Å². The molecule has 0 fully saturated rings. The molecule has 0 saturated carbocycles. The third-order valence-corrected chi connectivity index (χ3v) is 3.27. The van der Waals surface area contributed by atoms with E-state index in [1.807, 2.05) is 6.92 Å². The molecule has 0 heterocycles. The molecule has 1 atom stereocenters. The molecular formula is C13H27N3O2. The van der Waals surface area contributed by atoms with Crippen LogP contribution in [0.15, 0.2) is 0 Å². The molecule has 0 spiro atoms. The first-order valence-electron chi connectivity index (χ1n) is 6.77. The molecule has 0 aromatic heterocycles. The minimum absolute atomic E-state index is 0.0524. The van der Waals surface area contributed by atoms with Crippen molar-refractivity contribution in [3.05, 3.63) is 0 Å². The van der Waals surface area contributed by atoms with Crippen molar-refractivity contribution < 1.29 is 9.59 Å². The number of rotatable bonds is 9. The van der Waals surface area contributed by atoms with Crippen LogP contribution in [0.3, 0.4) is 0 Å². The summed E-state index contributed by atoms with van der Waals surface area (Å²) in [5.41, 5.74) is 5.53. The summed E-state index contributed by atoms with van der Waals surface area (Å²) in [4.78, 5) is 24.8. The standard InChI is InChI=1S/C13H27N3O2/c1-4-11(8-9-14)6-7-13(18)16(5-2)10-12(17)15-3/h11H,4-10,14H2,1-3H3,(H,15,17). The Hall–Kier alpha value is -1.10. The molecule has 0 radical (unpaired) electrons. The van der Waals surface area contributed by atoms with Crippen molar-refractivity contribution in [1.29, 1.82) is 0 Å². The fourth-order valence-corrected chi connectivity index (χ4v) is 1.90. The van der Waals surface area contributed by atoms with Crippen LogP contribution in [-0.2, 0) is 9.59 Å². The topological polar surface area (TPSA) is 75.4 Å². The number of hydrogen-bond acceptors (Lipinski definition) is 3. The predicted octanol–water partition coefficient (Wildman–Crippen LogP) is 0.736. The van der Waals surface area contributed by atoms with E-state index in [0.717, 1.165) is 19.3 Å². The molecule has 0 aliphatic rings. The van der Waals surface area contributed by atoms with Gasteiger partial charge < -0.3 is 16.0 Å². The lowest BCUT2D eigenvalue weighted by Gasteiger charge is -2.21. The van der Waals surface area contributed by atoms with Crippen molar-refractivity contribution in [2.45, 2.75) is 39.5 Å². The molecule has 0 aliphatic carbocycles. The first kappa shape index (κ1) is 16.9. The maximum absolute atomic E-state index is 12.0. The summed E-state index contributed by atoms with van der Waals surface area (Å²) in [6.45, 7) is 5.40. The van der Waals surface area contributed by atoms with Crippen LogP contribution in [0.25, 0.3) is 0 Å². The van der Waals surface area contributed by atoms with Crippen LogP contribution in [0.4, 0.5) is 0 Å². The van der Waals surface area contributed by atoms with Gasteiger partial charge in [0.1, 0.15) is 0 Å². The highest BCUT2D eigenvalue weighted by molar-refractivity contribution is 5.84. The van der Waals surface area contributed by atoms with E-state index < -0.39 is 0 Å². The largest absolute Gasteiger partial charge is 0.358 e. The van der Waals surface area contributed by atoms with Crippen molar-refractivity contribution in [2.24, 2.45) is 11.7 Å². The van der Waals surface area contributed by atoms with Crippen molar-refractivity contribution in [2.75, 3.05) is 26.7 Å². The summed E-state index contributed by atoms with van der Waals surface area (Å²) < 4.78 is 0. The second-order valence-corrected chi connectivity index (χ2v) is 4.47. The lowest BCUT2D eigenvalue weighted by Crippen LogP contribution is -2.39. The summed E-state index contributed by atoms with van der Waals surface area (Å²) in [6, 6.07) is 0. The molecule has 5 nitrogen and oxygen atoms in total. The number of carbonyl (C=O) groups is 2. The van der Waals surface area contributed by atoms with E-state index >= 15 is 0 Å². The molecular weight excluding hydrogens is 230 g/mol. The molecule has 0 saturated heterocycles. The molecule has 0 aromatic carbocycles.